The second kappa shape index (κ2) is 10.8. The van der Waals surface area contributed by atoms with Crippen molar-refractivity contribution >= 4 is 22.8 Å². The lowest BCUT2D eigenvalue weighted by Gasteiger charge is -2.26. The standard InChI is InChI=1S/C27H29FN2O2S/c1-19-12-15-33-26(19)27(31)29-17-20(2)32-25-5-3-4-21(16-25)18-30-13-10-23(11-14-30)22-6-8-24(28)9-7-22/h3-10,12,15-16,20H,11,13-14,17-18H2,1-2H3,(H,29,31). The maximum Gasteiger partial charge on any atom is 0.261 e. The molecule has 1 atom stereocenters. The first-order valence-electron chi connectivity index (χ1n) is 11.2. The van der Waals surface area contributed by atoms with Gasteiger partial charge in [0.25, 0.3) is 5.91 Å². The molecule has 1 amide bonds. The van der Waals surface area contributed by atoms with Crippen LogP contribution in [0.3, 0.4) is 0 Å². The zero-order valence-electron chi connectivity index (χ0n) is 19.0. The van der Waals surface area contributed by atoms with Gasteiger partial charge in [-0.1, -0.05) is 30.3 Å². The highest BCUT2D eigenvalue weighted by Crippen LogP contribution is 2.24. The first-order chi connectivity index (χ1) is 16.0. The molecule has 0 saturated carbocycles. The summed E-state index contributed by atoms with van der Waals surface area (Å²) in [6.07, 6.45) is 3.04. The van der Waals surface area contributed by atoms with Crippen molar-refractivity contribution in [2.75, 3.05) is 19.6 Å². The molecule has 0 radical (unpaired) electrons. The summed E-state index contributed by atoms with van der Waals surface area (Å²) in [5.74, 6) is 0.555. The van der Waals surface area contributed by atoms with Crippen LogP contribution in [0.4, 0.5) is 4.39 Å². The number of ether oxygens (including phenoxy) is 1. The molecule has 33 heavy (non-hydrogen) atoms. The van der Waals surface area contributed by atoms with Gasteiger partial charge in [0.2, 0.25) is 0 Å². The number of hydrogen-bond acceptors (Lipinski definition) is 4. The van der Waals surface area contributed by atoms with Crippen LogP contribution in [0.2, 0.25) is 0 Å². The molecule has 172 valence electrons. The number of rotatable bonds is 8. The van der Waals surface area contributed by atoms with Gasteiger partial charge < -0.3 is 10.1 Å². The highest BCUT2D eigenvalue weighted by molar-refractivity contribution is 7.12. The Morgan fingerprint density at radius 2 is 2.03 bits per heavy atom. The third-order valence-corrected chi connectivity index (χ3v) is 6.78. The van der Waals surface area contributed by atoms with Crippen LogP contribution in [0.15, 0.2) is 66.1 Å². The molecule has 4 rings (SSSR count). The number of nitrogens with one attached hydrogen (secondary N) is 1. The molecule has 0 bridgehead atoms. The average Bonchev–Trinajstić information content (AvgIpc) is 3.25. The molecule has 1 unspecified atom stereocenters. The minimum absolute atomic E-state index is 0.0511. The summed E-state index contributed by atoms with van der Waals surface area (Å²) in [5.41, 5.74) is 4.56. The van der Waals surface area contributed by atoms with Crippen molar-refractivity contribution in [3.8, 4) is 5.75 Å². The number of carbonyl (C=O) groups excluding carboxylic acids is 1. The molecule has 0 fully saturated rings. The molecule has 1 aromatic heterocycles. The molecule has 1 N–H and O–H groups in total. The van der Waals surface area contributed by atoms with E-state index >= 15 is 0 Å². The number of amides is 1. The summed E-state index contributed by atoms with van der Waals surface area (Å²) in [7, 11) is 0. The van der Waals surface area contributed by atoms with Gasteiger partial charge in [-0.2, -0.15) is 0 Å². The Balaban J connectivity index is 1.28. The Hall–Kier alpha value is -2.96. The third-order valence-electron chi connectivity index (χ3n) is 5.77. The van der Waals surface area contributed by atoms with E-state index in [0.29, 0.717) is 6.54 Å². The van der Waals surface area contributed by atoms with Crippen molar-refractivity contribution < 1.29 is 13.9 Å². The van der Waals surface area contributed by atoms with Gasteiger partial charge >= 0.3 is 0 Å². The van der Waals surface area contributed by atoms with Crippen molar-refractivity contribution in [1.29, 1.82) is 0 Å². The second-order valence-corrected chi connectivity index (χ2v) is 9.36. The first kappa shape index (κ1) is 23.2. The van der Waals surface area contributed by atoms with E-state index in [1.54, 1.807) is 0 Å². The molecule has 0 aliphatic carbocycles. The van der Waals surface area contributed by atoms with Crippen LogP contribution in [0.5, 0.6) is 5.75 Å². The fourth-order valence-electron chi connectivity index (χ4n) is 3.95. The summed E-state index contributed by atoms with van der Waals surface area (Å²) in [5, 5.41) is 4.89. The number of nitrogens with zero attached hydrogens (tertiary/aromatic N) is 1. The average molecular weight is 465 g/mol. The summed E-state index contributed by atoms with van der Waals surface area (Å²) < 4.78 is 19.2. The number of aryl methyl sites for hydroxylation is 1. The third kappa shape index (κ3) is 6.30. The van der Waals surface area contributed by atoms with Crippen molar-refractivity contribution in [3.63, 3.8) is 0 Å². The van der Waals surface area contributed by atoms with Gasteiger partial charge in [-0.05, 0) is 78.2 Å². The van der Waals surface area contributed by atoms with Crippen LogP contribution in [-0.4, -0.2) is 36.5 Å². The SMILES string of the molecule is Cc1ccsc1C(=O)NCC(C)Oc1cccc(CN2CC=C(c3ccc(F)cc3)CC2)c1. The largest absolute Gasteiger partial charge is 0.489 e. The van der Waals surface area contributed by atoms with Gasteiger partial charge in [0, 0.05) is 19.6 Å². The van der Waals surface area contributed by atoms with E-state index in [2.05, 4.69) is 28.4 Å². The summed E-state index contributed by atoms with van der Waals surface area (Å²) >= 11 is 1.45. The fraction of sp³-hybridized carbons (Fsp3) is 0.296. The molecular formula is C27H29FN2O2S. The molecule has 1 aliphatic heterocycles. The zero-order valence-corrected chi connectivity index (χ0v) is 19.8. The van der Waals surface area contributed by atoms with Gasteiger partial charge in [-0.25, -0.2) is 4.39 Å². The fourth-order valence-corrected chi connectivity index (χ4v) is 4.79. The molecular weight excluding hydrogens is 435 g/mol. The number of hydrogen-bond donors (Lipinski definition) is 1. The first-order valence-corrected chi connectivity index (χ1v) is 12.1. The minimum atomic E-state index is -0.201. The van der Waals surface area contributed by atoms with Crippen LogP contribution in [-0.2, 0) is 6.54 Å². The molecule has 0 spiro atoms. The molecule has 2 heterocycles. The second-order valence-electron chi connectivity index (χ2n) is 8.44. The van der Waals surface area contributed by atoms with E-state index < -0.39 is 0 Å². The van der Waals surface area contributed by atoms with Crippen molar-refractivity contribution in [2.45, 2.75) is 32.9 Å². The maximum absolute atomic E-state index is 13.2. The predicted octanol–water partition coefficient (Wildman–Crippen LogP) is 5.68. The van der Waals surface area contributed by atoms with Crippen molar-refractivity contribution in [2.24, 2.45) is 0 Å². The zero-order chi connectivity index (χ0) is 23.2. The molecule has 6 heteroatoms. The van der Waals surface area contributed by atoms with Crippen LogP contribution >= 0.6 is 11.3 Å². The summed E-state index contributed by atoms with van der Waals surface area (Å²) in [4.78, 5) is 15.4. The summed E-state index contributed by atoms with van der Waals surface area (Å²) in [6.45, 7) is 7.01. The predicted molar refractivity (Wildman–Crippen MR) is 132 cm³/mol. The van der Waals surface area contributed by atoms with E-state index in [1.807, 2.05) is 49.6 Å². The number of halogens is 1. The Labute approximate surface area is 198 Å². The maximum atomic E-state index is 13.2. The molecule has 1 aliphatic rings. The monoisotopic (exact) mass is 464 g/mol. The van der Waals surface area contributed by atoms with E-state index in [4.69, 9.17) is 4.74 Å². The Morgan fingerprint density at radius 3 is 2.73 bits per heavy atom. The van der Waals surface area contributed by atoms with Gasteiger partial charge in [-0.3, -0.25) is 9.69 Å². The quantitative estimate of drug-likeness (QED) is 0.466. The lowest BCUT2D eigenvalue weighted by atomic mass is 9.99. The highest BCUT2D eigenvalue weighted by Gasteiger charge is 2.15. The van der Waals surface area contributed by atoms with E-state index in [9.17, 15) is 9.18 Å². The van der Waals surface area contributed by atoms with Crippen molar-refractivity contribution in [1.82, 2.24) is 10.2 Å². The van der Waals surface area contributed by atoms with E-state index in [0.717, 1.165) is 47.8 Å². The Kier molecular flexibility index (Phi) is 7.57. The Morgan fingerprint density at radius 1 is 1.21 bits per heavy atom. The van der Waals surface area contributed by atoms with Crippen LogP contribution < -0.4 is 10.1 Å². The number of benzene rings is 2. The lowest BCUT2D eigenvalue weighted by molar-refractivity contribution is 0.0935. The van der Waals surface area contributed by atoms with Crippen LogP contribution in [0.1, 0.15) is 39.7 Å². The van der Waals surface area contributed by atoms with E-state index in [-0.39, 0.29) is 17.8 Å². The number of carbonyl (C=O) groups is 1. The van der Waals surface area contributed by atoms with Crippen molar-refractivity contribution in [3.05, 3.63) is 93.4 Å². The van der Waals surface area contributed by atoms with E-state index in [1.165, 1.54) is 34.6 Å². The van der Waals surface area contributed by atoms with Gasteiger partial charge in [0.15, 0.2) is 0 Å². The van der Waals surface area contributed by atoms with Gasteiger partial charge in [0.1, 0.15) is 17.7 Å². The molecule has 0 saturated heterocycles. The normalized spacial score (nSPS) is 15.1. The lowest BCUT2D eigenvalue weighted by Crippen LogP contribution is -2.33. The highest BCUT2D eigenvalue weighted by atomic mass is 32.1. The van der Waals surface area contributed by atoms with Gasteiger partial charge in [-0.15, -0.1) is 11.3 Å². The minimum Gasteiger partial charge on any atom is -0.489 e. The topological polar surface area (TPSA) is 41.6 Å². The molecule has 3 aromatic rings. The summed E-state index contributed by atoms with van der Waals surface area (Å²) in [6, 6.07) is 16.8. The molecule has 4 nitrogen and oxygen atoms in total. The van der Waals surface area contributed by atoms with Gasteiger partial charge in [0.05, 0.1) is 11.4 Å². The Bertz CT molecular complexity index is 1120. The van der Waals surface area contributed by atoms with Crippen LogP contribution in [0, 0.1) is 12.7 Å². The number of thiophene rings is 1. The smallest absolute Gasteiger partial charge is 0.261 e. The van der Waals surface area contributed by atoms with Crippen LogP contribution in [0.25, 0.3) is 5.57 Å². The molecule has 2 aromatic carbocycles.